The molecule has 2 N–H and O–H groups in total. The number of amides is 2. The van der Waals surface area contributed by atoms with E-state index in [4.69, 9.17) is 9.47 Å². The van der Waals surface area contributed by atoms with Gasteiger partial charge in [0.1, 0.15) is 13.2 Å². The predicted octanol–water partition coefficient (Wildman–Crippen LogP) is 0.853. The standard InChI is InChI=1S/C16H23N3O4/c1-11(2)17-15(20)9-19(3)10-16(21)18-12-4-5-13-14(8-12)23-7-6-22-13/h4-5,8,11H,6-7,9-10H2,1-3H3,(H,17,20)(H,18,21). The number of carbonyl (C=O) groups is 2. The van der Waals surface area contributed by atoms with Gasteiger partial charge in [-0.15, -0.1) is 0 Å². The molecule has 1 aromatic carbocycles. The molecule has 0 spiro atoms. The lowest BCUT2D eigenvalue weighted by atomic mass is 10.2. The highest BCUT2D eigenvalue weighted by molar-refractivity contribution is 5.93. The van der Waals surface area contributed by atoms with Crippen LogP contribution in [0.15, 0.2) is 18.2 Å². The third kappa shape index (κ3) is 5.45. The monoisotopic (exact) mass is 321 g/mol. The van der Waals surface area contributed by atoms with Crippen molar-refractivity contribution in [2.45, 2.75) is 19.9 Å². The van der Waals surface area contributed by atoms with E-state index < -0.39 is 0 Å². The molecule has 2 amide bonds. The Labute approximate surface area is 135 Å². The fraction of sp³-hybridized carbons (Fsp3) is 0.500. The molecule has 0 bridgehead atoms. The number of benzene rings is 1. The van der Waals surface area contributed by atoms with Crippen molar-refractivity contribution in [3.8, 4) is 11.5 Å². The van der Waals surface area contributed by atoms with Crippen molar-refractivity contribution >= 4 is 17.5 Å². The summed E-state index contributed by atoms with van der Waals surface area (Å²) in [5.41, 5.74) is 0.638. The Morgan fingerprint density at radius 3 is 2.48 bits per heavy atom. The van der Waals surface area contributed by atoms with Crippen molar-refractivity contribution in [1.82, 2.24) is 10.2 Å². The van der Waals surface area contributed by atoms with Gasteiger partial charge in [-0.25, -0.2) is 0 Å². The molecule has 0 atom stereocenters. The van der Waals surface area contributed by atoms with Crippen LogP contribution in [0.2, 0.25) is 0 Å². The van der Waals surface area contributed by atoms with E-state index in [-0.39, 0.29) is 30.9 Å². The average molecular weight is 321 g/mol. The minimum atomic E-state index is -0.193. The molecule has 0 saturated heterocycles. The zero-order valence-corrected chi connectivity index (χ0v) is 13.7. The van der Waals surface area contributed by atoms with Gasteiger partial charge in [0.05, 0.1) is 13.1 Å². The minimum absolute atomic E-state index is 0.0856. The summed E-state index contributed by atoms with van der Waals surface area (Å²) in [5.74, 6) is 1.01. The zero-order valence-electron chi connectivity index (χ0n) is 13.7. The van der Waals surface area contributed by atoms with Crippen molar-refractivity contribution in [3.63, 3.8) is 0 Å². The quantitative estimate of drug-likeness (QED) is 0.812. The summed E-state index contributed by atoms with van der Waals surface area (Å²) in [6.45, 7) is 5.12. The molecule has 1 aliphatic heterocycles. The van der Waals surface area contributed by atoms with Crippen LogP contribution in [-0.4, -0.2) is 56.1 Å². The van der Waals surface area contributed by atoms with Crippen LogP contribution < -0.4 is 20.1 Å². The van der Waals surface area contributed by atoms with E-state index in [1.54, 1.807) is 30.1 Å². The summed E-state index contributed by atoms with van der Waals surface area (Å²) in [7, 11) is 1.73. The lowest BCUT2D eigenvalue weighted by Crippen LogP contribution is -2.41. The number of anilines is 1. The van der Waals surface area contributed by atoms with Gasteiger partial charge in [-0.2, -0.15) is 0 Å². The summed E-state index contributed by atoms with van der Waals surface area (Å²) in [6.07, 6.45) is 0. The van der Waals surface area contributed by atoms with E-state index in [2.05, 4.69) is 10.6 Å². The van der Waals surface area contributed by atoms with Crippen molar-refractivity contribution < 1.29 is 19.1 Å². The van der Waals surface area contributed by atoms with Crippen LogP contribution in [0.4, 0.5) is 5.69 Å². The van der Waals surface area contributed by atoms with Crippen LogP contribution in [-0.2, 0) is 9.59 Å². The highest BCUT2D eigenvalue weighted by Crippen LogP contribution is 2.32. The van der Waals surface area contributed by atoms with Gasteiger partial charge in [-0.1, -0.05) is 0 Å². The van der Waals surface area contributed by atoms with Gasteiger partial charge in [-0.3, -0.25) is 14.5 Å². The third-order valence-corrected chi connectivity index (χ3v) is 3.10. The van der Waals surface area contributed by atoms with Crippen LogP contribution in [0.1, 0.15) is 13.8 Å². The fourth-order valence-electron chi connectivity index (χ4n) is 2.24. The number of rotatable bonds is 6. The molecule has 0 saturated carbocycles. The molecule has 126 valence electrons. The molecule has 2 rings (SSSR count). The van der Waals surface area contributed by atoms with Gasteiger partial charge in [0.2, 0.25) is 11.8 Å². The first-order valence-corrected chi connectivity index (χ1v) is 7.61. The second-order valence-corrected chi connectivity index (χ2v) is 5.80. The van der Waals surface area contributed by atoms with Gasteiger partial charge in [0.25, 0.3) is 0 Å². The molecule has 7 nitrogen and oxygen atoms in total. The summed E-state index contributed by atoms with van der Waals surface area (Å²) < 4.78 is 10.9. The maximum absolute atomic E-state index is 12.0. The Morgan fingerprint density at radius 1 is 1.13 bits per heavy atom. The van der Waals surface area contributed by atoms with Gasteiger partial charge < -0.3 is 20.1 Å². The number of nitrogens with one attached hydrogen (secondary N) is 2. The molecule has 1 heterocycles. The number of fused-ring (bicyclic) bond motifs is 1. The molecule has 0 aliphatic carbocycles. The first-order chi connectivity index (χ1) is 10.9. The minimum Gasteiger partial charge on any atom is -0.486 e. The van der Waals surface area contributed by atoms with E-state index in [0.717, 1.165) is 0 Å². The molecule has 1 aromatic rings. The van der Waals surface area contributed by atoms with E-state index in [1.807, 2.05) is 13.8 Å². The van der Waals surface area contributed by atoms with Crippen LogP contribution in [0, 0.1) is 0 Å². The molecule has 0 aromatic heterocycles. The summed E-state index contributed by atoms with van der Waals surface area (Å²) in [4.78, 5) is 25.3. The van der Waals surface area contributed by atoms with E-state index in [9.17, 15) is 9.59 Å². The van der Waals surface area contributed by atoms with Gasteiger partial charge in [-0.05, 0) is 33.0 Å². The van der Waals surface area contributed by atoms with Crippen molar-refractivity contribution in [3.05, 3.63) is 18.2 Å². The second-order valence-electron chi connectivity index (χ2n) is 5.80. The normalized spacial score (nSPS) is 13.1. The predicted molar refractivity (Wildman–Crippen MR) is 86.8 cm³/mol. The Bertz CT molecular complexity index is 574. The van der Waals surface area contributed by atoms with E-state index >= 15 is 0 Å². The molecular formula is C16H23N3O4. The highest BCUT2D eigenvalue weighted by Gasteiger charge is 2.14. The number of carbonyl (C=O) groups excluding carboxylic acids is 2. The van der Waals surface area contributed by atoms with Crippen LogP contribution in [0.5, 0.6) is 11.5 Å². The Balaban J connectivity index is 1.83. The maximum atomic E-state index is 12.0. The first-order valence-electron chi connectivity index (χ1n) is 7.61. The van der Waals surface area contributed by atoms with Crippen molar-refractivity contribution in [2.75, 3.05) is 38.7 Å². The lowest BCUT2D eigenvalue weighted by Gasteiger charge is -2.20. The van der Waals surface area contributed by atoms with Crippen LogP contribution in [0.25, 0.3) is 0 Å². The van der Waals surface area contributed by atoms with E-state index in [0.29, 0.717) is 30.4 Å². The summed E-state index contributed by atoms with van der Waals surface area (Å²) >= 11 is 0. The SMILES string of the molecule is CC(C)NC(=O)CN(C)CC(=O)Nc1ccc2c(c1)OCCO2. The third-order valence-electron chi connectivity index (χ3n) is 3.10. The van der Waals surface area contributed by atoms with Gasteiger partial charge in [0, 0.05) is 17.8 Å². The second kappa shape index (κ2) is 7.82. The smallest absolute Gasteiger partial charge is 0.238 e. The fourth-order valence-corrected chi connectivity index (χ4v) is 2.24. The number of ether oxygens (including phenoxy) is 2. The molecule has 0 unspecified atom stereocenters. The van der Waals surface area contributed by atoms with E-state index in [1.165, 1.54) is 0 Å². The molecule has 23 heavy (non-hydrogen) atoms. The number of likely N-dealkylation sites (N-methyl/N-ethyl adjacent to an activating group) is 1. The zero-order chi connectivity index (χ0) is 16.8. The molecule has 0 fully saturated rings. The number of hydrogen-bond acceptors (Lipinski definition) is 5. The topological polar surface area (TPSA) is 79.9 Å². The summed E-state index contributed by atoms with van der Waals surface area (Å²) in [5, 5.41) is 5.58. The molecular weight excluding hydrogens is 298 g/mol. The van der Waals surface area contributed by atoms with Crippen molar-refractivity contribution in [2.24, 2.45) is 0 Å². The van der Waals surface area contributed by atoms with Gasteiger partial charge >= 0.3 is 0 Å². The van der Waals surface area contributed by atoms with Crippen molar-refractivity contribution in [1.29, 1.82) is 0 Å². The van der Waals surface area contributed by atoms with Crippen LogP contribution >= 0.6 is 0 Å². The summed E-state index contributed by atoms with van der Waals surface area (Å²) in [6, 6.07) is 5.35. The number of nitrogens with zero attached hydrogens (tertiary/aromatic N) is 1. The molecule has 1 aliphatic rings. The van der Waals surface area contributed by atoms with Crippen LogP contribution in [0.3, 0.4) is 0 Å². The largest absolute Gasteiger partial charge is 0.486 e. The first kappa shape index (κ1) is 17.1. The molecule has 0 radical (unpaired) electrons. The highest BCUT2D eigenvalue weighted by atomic mass is 16.6. The average Bonchev–Trinajstić information content (AvgIpc) is 2.45. The molecule has 7 heteroatoms. The van der Waals surface area contributed by atoms with Gasteiger partial charge in [0.15, 0.2) is 11.5 Å². The number of hydrogen-bond donors (Lipinski definition) is 2. The Kier molecular flexibility index (Phi) is 5.81. The Morgan fingerprint density at radius 2 is 1.78 bits per heavy atom. The Hall–Kier alpha value is -2.28. The lowest BCUT2D eigenvalue weighted by molar-refractivity contribution is -0.123. The maximum Gasteiger partial charge on any atom is 0.238 e.